The van der Waals surface area contributed by atoms with Crippen molar-refractivity contribution in [3.05, 3.63) is 64.0 Å². The predicted octanol–water partition coefficient (Wildman–Crippen LogP) is 6.44. The molecule has 0 aliphatic carbocycles. The molecule has 1 N–H and O–H groups in total. The van der Waals surface area contributed by atoms with Crippen LogP contribution >= 0.6 is 43.5 Å². The van der Waals surface area contributed by atoms with Gasteiger partial charge >= 0.3 is 17.6 Å². The van der Waals surface area contributed by atoms with Crippen molar-refractivity contribution in [1.82, 2.24) is 0 Å². The van der Waals surface area contributed by atoms with Gasteiger partial charge in [0.25, 0.3) is 0 Å². The molecule has 2 aromatic carbocycles. The highest BCUT2D eigenvalue weighted by Gasteiger charge is 2.42. The summed E-state index contributed by atoms with van der Waals surface area (Å²) in [6, 6.07) is 4.62. The van der Waals surface area contributed by atoms with Crippen molar-refractivity contribution in [2.45, 2.75) is 6.18 Å². The summed E-state index contributed by atoms with van der Waals surface area (Å²) in [5, 5.41) is 23.7. The Bertz CT molecular complexity index is 924. The summed E-state index contributed by atoms with van der Waals surface area (Å²) < 4.78 is 40.1. The van der Waals surface area contributed by atoms with E-state index in [4.69, 9.17) is 11.6 Å². The fourth-order valence-electron chi connectivity index (χ4n) is 2.00. The molecule has 0 unspecified atom stereocenters. The van der Waals surface area contributed by atoms with Crippen LogP contribution in [0.1, 0.15) is 5.56 Å². The number of nitro groups is 2. The first-order valence-corrected chi connectivity index (χ1v) is 8.34. The molecule has 0 radical (unpaired) electrons. The molecule has 0 aliphatic rings. The third-order valence-corrected chi connectivity index (χ3v) is 4.63. The van der Waals surface area contributed by atoms with Crippen molar-refractivity contribution in [3.8, 4) is 0 Å². The Kier molecular flexibility index (Phi) is 5.78. The number of nitro benzene ring substituents is 2. The minimum absolute atomic E-state index is 0.148. The number of halogens is 6. The first-order chi connectivity index (χ1) is 11.9. The Hall–Kier alpha value is -1.92. The van der Waals surface area contributed by atoms with Crippen LogP contribution in [0.25, 0.3) is 0 Å². The van der Waals surface area contributed by atoms with Crippen molar-refractivity contribution in [1.29, 1.82) is 0 Å². The third-order valence-electron chi connectivity index (χ3n) is 3.09. The van der Waals surface area contributed by atoms with Crippen LogP contribution in [0.4, 0.5) is 35.9 Å². The van der Waals surface area contributed by atoms with Gasteiger partial charge in [0.1, 0.15) is 5.02 Å². The molecule has 0 saturated heterocycles. The molecule has 0 fully saturated rings. The van der Waals surface area contributed by atoms with E-state index < -0.39 is 43.7 Å². The van der Waals surface area contributed by atoms with E-state index >= 15 is 0 Å². The van der Waals surface area contributed by atoms with Crippen molar-refractivity contribution in [2.75, 3.05) is 5.32 Å². The molecule has 0 bridgehead atoms. The lowest BCUT2D eigenvalue weighted by Gasteiger charge is -2.14. The highest BCUT2D eigenvalue weighted by atomic mass is 79.9. The van der Waals surface area contributed by atoms with Gasteiger partial charge in [-0.15, -0.1) is 0 Å². The molecule has 26 heavy (non-hydrogen) atoms. The zero-order valence-electron chi connectivity index (χ0n) is 12.1. The van der Waals surface area contributed by atoms with Gasteiger partial charge in [-0.1, -0.05) is 27.5 Å². The van der Waals surface area contributed by atoms with E-state index in [9.17, 15) is 33.4 Å². The highest BCUT2D eigenvalue weighted by molar-refractivity contribution is 9.11. The largest absolute Gasteiger partial charge is 0.418 e. The summed E-state index contributed by atoms with van der Waals surface area (Å²) in [5.74, 6) is 0. The van der Waals surface area contributed by atoms with Gasteiger partial charge in [-0.05, 0) is 34.1 Å². The predicted molar refractivity (Wildman–Crippen MR) is 94.9 cm³/mol. The average molecular weight is 519 g/mol. The van der Waals surface area contributed by atoms with Crippen LogP contribution < -0.4 is 5.32 Å². The minimum Gasteiger partial charge on any atom is -0.343 e. The van der Waals surface area contributed by atoms with Gasteiger partial charge in [-0.3, -0.25) is 20.2 Å². The van der Waals surface area contributed by atoms with Crippen LogP contribution in [0.3, 0.4) is 0 Å². The van der Waals surface area contributed by atoms with Crippen LogP contribution in [0.5, 0.6) is 0 Å². The molecule has 0 aromatic heterocycles. The average Bonchev–Trinajstić information content (AvgIpc) is 2.48. The number of rotatable bonds is 4. The molecule has 2 rings (SSSR count). The second kappa shape index (κ2) is 7.37. The number of hydrogen-bond acceptors (Lipinski definition) is 5. The first kappa shape index (κ1) is 20.4. The summed E-state index contributed by atoms with van der Waals surface area (Å²) in [6.45, 7) is 0. The highest BCUT2D eigenvalue weighted by Crippen LogP contribution is 2.48. The van der Waals surface area contributed by atoms with E-state index in [1.807, 2.05) is 0 Å². The summed E-state index contributed by atoms with van der Waals surface area (Å²) in [5.41, 5.74) is -4.67. The number of benzene rings is 2. The summed E-state index contributed by atoms with van der Waals surface area (Å²) in [7, 11) is 0. The Morgan fingerprint density at radius 1 is 1.08 bits per heavy atom. The van der Waals surface area contributed by atoms with E-state index in [0.717, 1.165) is 0 Å². The maximum absolute atomic E-state index is 13.0. The van der Waals surface area contributed by atoms with E-state index in [-0.39, 0.29) is 11.8 Å². The zero-order valence-corrected chi connectivity index (χ0v) is 16.0. The van der Waals surface area contributed by atoms with Crippen LogP contribution in [0.2, 0.25) is 5.02 Å². The van der Waals surface area contributed by atoms with Gasteiger partial charge in [0.05, 0.1) is 21.1 Å². The normalized spacial score (nSPS) is 11.3. The zero-order chi connectivity index (χ0) is 19.8. The number of nitrogens with zero attached hydrogens (tertiary/aromatic N) is 2. The lowest BCUT2D eigenvalue weighted by molar-refractivity contribution is -0.392. The second-order valence-corrected chi connectivity index (χ2v) is 6.89. The van der Waals surface area contributed by atoms with Crippen LogP contribution in [0.15, 0.2) is 33.2 Å². The molecule has 0 spiro atoms. The number of alkyl halides is 3. The molecule has 138 valence electrons. The van der Waals surface area contributed by atoms with Crippen molar-refractivity contribution in [3.63, 3.8) is 0 Å². The standard InChI is InChI=1S/C13H5Br2ClF3N3O4/c14-5-1-2-8(7(15)3-5)20-11-9(21(23)24)4-6(13(17,18)19)10(16)12(11)22(25)26/h1-4,20H. The number of nitrogens with one attached hydrogen (secondary N) is 1. The van der Waals surface area contributed by atoms with Crippen LogP contribution in [0, 0.1) is 20.2 Å². The molecular weight excluding hydrogens is 514 g/mol. The van der Waals surface area contributed by atoms with Gasteiger partial charge in [0, 0.05) is 15.0 Å². The number of hydrogen-bond donors (Lipinski definition) is 1. The Labute approximate surface area is 164 Å². The van der Waals surface area contributed by atoms with Gasteiger partial charge in [-0.25, -0.2) is 0 Å². The molecule has 7 nitrogen and oxygen atoms in total. The SMILES string of the molecule is O=[N+]([O-])c1cc(C(F)(F)F)c(Cl)c([N+](=O)[O-])c1Nc1ccc(Br)cc1Br. The first-order valence-electron chi connectivity index (χ1n) is 6.38. The lowest BCUT2D eigenvalue weighted by atomic mass is 10.1. The topological polar surface area (TPSA) is 98.3 Å². The van der Waals surface area contributed by atoms with E-state index in [1.54, 1.807) is 0 Å². The van der Waals surface area contributed by atoms with E-state index in [1.165, 1.54) is 18.2 Å². The molecular formula is C13H5Br2ClF3N3O4. The monoisotopic (exact) mass is 517 g/mol. The second-order valence-electron chi connectivity index (χ2n) is 4.74. The maximum Gasteiger partial charge on any atom is 0.418 e. The Morgan fingerprint density at radius 2 is 1.69 bits per heavy atom. The summed E-state index contributed by atoms with van der Waals surface area (Å²) >= 11 is 11.9. The van der Waals surface area contributed by atoms with Gasteiger partial charge in [0.15, 0.2) is 5.69 Å². The minimum atomic E-state index is -5.11. The van der Waals surface area contributed by atoms with E-state index in [2.05, 4.69) is 37.2 Å². The van der Waals surface area contributed by atoms with Crippen molar-refractivity contribution < 1.29 is 23.0 Å². The lowest BCUT2D eigenvalue weighted by Crippen LogP contribution is -2.11. The van der Waals surface area contributed by atoms with E-state index in [0.29, 0.717) is 8.95 Å². The molecule has 0 atom stereocenters. The van der Waals surface area contributed by atoms with Gasteiger partial charge in [-0.2, -0.15) is 13.2 Å². The van der Waals surface area contributed by atoms with Crippen molar-refractivity contribution >= 4 is 66.2 Å². The molecule has 2 aromatic rings. The summed E-state index contributed by atoms with van der Waals surface area (Å²) in [6.07, 6.45) is -5.11. The Balaban J connectivity index is 2.80. The van der Waals surface area contributed by atoms with Crippen LogP contribution in [-0.2, 0) is 6.18 Å². The fraction of sp³-hybridized carbons (Fsp3) is 0.0769. The summed E-state index contributed by atoms with van der Waals surface area (Å²) in [4.78, 5) is 20.2. The molecule has 0 heterocycles. The molecule has 13 heteroatoms. The van der Waals surface area contributed by atoms with Gasteiger partial charge < -0.3 is 5.32 Å². The number of anilines is 2. The van der Waals surface area contributed by atoms with Gasteiger partial charge in [0.2, 0.25) is 0 Å². The van der Waals surface area contributed by atoms with Crippen LogP contribution in [-0.4, -0.2) is 9.85 Å². The van der Waals surface area contributed by atoms with Crippen molar-refractivity contribution in [2.24, 2.45) is 0 Å². The smallest absolute Gasteiger partial charge is 0.343 e. The fourth-order valence-corrected chi connectivity index (χ4v) is 3.47. The Morgan fingerprint density at radius 3 is 2.15 bits per heavy atom. The quantitative estimate of drug-likeness (QED) is 0.370. The molecule has 0 aliphatic heterocycles. The maximum atomic E-state index is 13.0. The molecule has 0 saturated carbocycles. The molecule has 0 amide bonds. The third kappa shape index (κ3) is 4.07.